The van der Waals surface area contributed by atoms with E-state index in [1.165, 1.54) is 0 Å². The van der Waals surface area contributed by atoms with Gasteiger partial charge in [-0.2, -0.15) is 5.26 Å². The van der Waals surface area contributed by atoms with Gasteiger partial charge in [0.05, 0.1) is 18.4 Å². The summed E-state index contributed by atoms with van der Waals surface area (Å²) in [6.45, 7) is 2.66. The molecule has 0 aromatic rings. The third-order valence-corrected chi connectivity index (χ3v) is 3.37. The first-order valence-corrected chi connectivity index (χ1v) is 6.13. The van der Waals surface area contributed by atoms with Crippen LogP contribution in [-0.2, 0) is 28.6 Å². The van der Waals surface area contributed by atoms with Gasteiger partial charge in [-0.25, -0.2) is 9.59 Å². The Bertz CT molecular complexity index is 494. The van der Waals surface area contributed by atoms with Gasteiger partial charge in [0.1, 0.15) is 6.10 Å². The number of esters is 3. The molecule has 0 radical (unpaired) electrons. The topological polar surface area (TPSA) is 103 Å². The second-order valence-corrected chi connectivity index (χ2v) is 4.66. The smallest absolute Gasteiger partial charge is 0.344 e. The second-order valence-electron chi connectivity index (χ2n) is 4.66. The lowest BCUT2D eigenvalue weighted by Crippen LogP contribution is -2.42. The van der Waals surface area contributed by atoms with Crippen LogP contribution in [0.2, 0.25) is 0 Å². The molecule has 7 heteroatoms. The molecule has 1 aliphatic heterocycles. The predicted molar refractivity (Wildman–Crippen MR) is 62.7 cm³/mol. The van der Waals surface area contributed by atoms with E-state index < -0.39 is 36.7 Å². The molecule has 20 heavy (non-hydrogen) atoms. The van der Waals surface area contributed by atoms with E-state index in [2.05, 4.69) is 17.4 Å². The van der Waals surface area contributed by atoms with Crippen molar-refractivity contribution in [3.05, 3.63) is 12.7 Å². The molecule has 1 aliphatic carbocycles. The Morgan fingerprint density at radius 2 is 2.30 bits per heavy atom. The molecule has 7 nitrogen and oxygen atoms in total. The predicted octanol–water partition coefficient (Wildman–Crippen LogP) is 0.103. The van der Waals surface area contributed by atoms with Crippen LogP contribution in [0.25, 0.3) is 0 Å². The van der Waals surface area contributed by atoms with Crippen LogP contribution >= 0.6 is 0 Å². The first-order valence-electron chi connectivity index (χ1n) is 6.13. The number of carbonyl (C=O) groups excluding carboxylic acids is 3. The van der Waals surface area contributed by atoms with Crippen LogP contribution in [0.3, 0.4) is 0 Å². The van der Waals surface area contributed by atoms with Crippen LogP contribution in [0.15, 0.2) is 12.7 Å². The molecule has 0 N–H and O–H groups in total. The lowest BCUT2D eigenvalue weighted by atomic mass is 9.99. The van der Waals surface area contributed by atoms with Crippen molar-refractivity contribution in [3.8, 4) is 6.07 Å². The van der Waals surface area contributed by atoms with Gasteiger partial charge >= 0.3 is 17.9 Å². The van der Waals surface area contributed by atoms with E-state index >= 15 is 0 Å². The average molecular weight is 279 g/mol. The van der Waals surface area contributed by atoms with Crippen molar-refractivity contribution in [2.75, 3.05) is 6.61 Å². The van der Waals surface area contributed by atoms with Crippen molar-refractivity contribution in [1.82, 2.24) is 0 Å². The summed E-state index contributed by atoms with van der Waals surface area (Å²) in [5.41, 5.74) is 0. The van der Waals surface area contributed by atoms with Gasteiger partial charge in [0.25, 0.3) is 0 Å². The highest BCUT2D eigenvalue weighted by Crippen LogP contribution is 2.41. The average Bonchev–Trinajstić information content (AvgIpc) is 2.63. The van der Waals surface area contributed by atoms with Gasteiger partial charge in [0, 0.05) is 12.0 Å². The number of hydrogen-bond donors (Lipinski definition) is 0. The lowest BCUT2D eigenvalue weighted by molar-refractivity contribution is -0.181. The summed E-state index contributed by atoms with van der Waals surface area (Å²) >= 11 is 0. The summed E-state index contributed by atoms with van der Waals surface area (Å²) in [4.78, 5) is 33.7. The Hall–Kier alpha value is -2.36. The maximum atomic E-state index is 11.6. The molecule has 2 rings (SSSR count). The Morgan fingerprint density at radius 1 is 1.55 bits per heavy atom. The highest BCUT2D eigenvalue weighted by atomic mass is 16.6. The SMILES string of the molecule is C=CC(=O)OCC(=O)OC1C2CC(=O)OC1C(C#N)C2. The third kappa shape index (κ3) is 2.79. The molecule has 2 aliphatic rings. The molecule has 1 saturated heterocycles. The van der Waals surface area contributed by atoms with Crippen molar-refractivity contribution in [2.24, 2.45) is 11.8 Å². The Morgan fingerprint density at radius 3 is 2.95 bits per heavy atom. The van der Waals surface area contributed by atoms with Gasteiger partial charge in [0.2, 0.25) is 0 Å². The largest absolute Gasteiger partial charge is 0.457 e. The van der Waals surface area contributed by atoms with Crippen molar-refractivity contribution in [3.63, 3.8) is 0 Å². The first kappa shape index (κ1) is 14.1. The van der Waals surface area contributed by atoms with Gasteiger partial charge in [-0.15, -0.1) is 0 Å². The number of rotatable bonds is 4. The van der Waals surface area contributed by atoms with E-state index in [0.717, 1.165) is 6.08 Å². The van der Waals surface area contributed by atoms with E-state index in [1.807, 2.05) is 0 Å². The standard InChI is InChI=1S/C13H13NO6/c1-2-9(15)18-6-11(17)20-12-7-3-8(5-14)13(12)19-10(16)4-7/h2,7-8,12-13H,1,3-4,6H2. The van der Waals surface area contributed by atoms with E-state index in [-0.39, 0.29) is 18.3 Å². The van der Waals surface area contributed by atoms with E-state index in [1.54, 1.807) is 0 Å². The van der Waals surface area contributed by atoms with Crippen molar-refractivity contribution >= 4 is 17.9 Å². The molecule has 4 unspecified atom stereocenters. The first-order chi connectivity index (χ1) is 9.55. The van der Waals surface area contributed by atoms with Gasteiger partial charge < -0.3 is 14.2 Å². The zero-order valence-corrected chi connectivity index (χ0v) is 10.6. The van der Waals surface area contributed by atoms with Crippen LogP contribution < -0.4 is 0 Å². The van der Waals surface area contributed by atoms with Gasteiger partial charge in [0.15, 0.2) is 12.7 Å². The van der Waals surface area contributed by atoms with Crippen molar-refractivity contribution in [2.45, 2.75) is 25.0 Å². The molecule has 0 spiro atoms. The number of carbonyl (C=O) groups is 3. The van der Waals surface area contributed by atoms with Crippen LogP contribution in [-0.4, -0.2) is 36.7 Å². The Balaban J connectivity index is 1.94. The fraction of sp³-hybridized carbons (Fsp3) is 0.538. The Kier molecular flexibility index (Phi) is 4.03. The molecule has 2 bridgehead atoms. The lowest BCUT2D eigenvalue weighted by Gasteiger charge is -2.29. The Labute approximate surface area is 115 Å². The van der Waals surface area contributed by atoms with E-state index in [4.69, 9.17) is 14.7 Å². The quantitative estimate of drug-likeness (QED) is 0.408. The summed E-state index contributed by atoms with van der Waals surface area (Å²) in [6.07, 6.45) is 0.138. The number of hydrogen-bond acceptors (Lipinski definition) is 7. The van der Waals surface area contributed by atoms with E-state index in [0.29, 0.717) is 6.42 Å². The van der Waals surface area contributed by atoms with Crippen LogP contribution in [0, 0.1) is 23.2 Å². The molecule has 1 heterocycles. The number of nitrogens with zero attached hydrogens (tertiary/aromatic N) is 1. The third-order valence-electron chi connectivity index (χ3n) is 3.37. The fourth-order valence-electron chi connectivity index (χ4n) is 2.52. The molecule has 106 valence electrons. The monoisotopic (exact) mass is 279 g/mol. The summed E-state index contributed by atoms with van der Waals surface area (Å²) in [5.74, 6) is -2.54. The summed E-state index contributed by atoms with van der Waals surface area (Å²) in [6, 6.07) is 2.05. The summed E-state index contributed by atoms with van der Waals surface area (Å²) in [7, 11) is 0. The number of nitriles is 1. The number of fused-ring (bicyclic) bond motifs is 2. The molecular weight excluding hydrogens is 266 g/mol. The van der Waals surface area contributed by atoms with E-state index in [9.17, 15) is 14.4 Å². The highest BCUT2D eigenvalue weighted by Gasteiger charge is 2.52. The van der Waals surface area contributed by atoms with Gasteiger partial charge in [-0.1, -0.05) is 6.58 Å². The summed E-state index contributed by atoms with van der Waals surface area (Å²) < 4.78 is 14.8. The molecule has 0 aromatic carbocycles. The van der Waals surface area contributed by atoms with Gasteiger partial charge in [-0.05, 0) is 6.42 Å². The second kappa shape index (κ2) is 5.74. The molecule has 1 saturated carbocycles. The van der Waals surface area contributed by atoms with Crippen LogP contribution in [0.1, 0.15) is 12.8 Å². The normalized spacial score (nSPS) is 30.9. The number of ether oxygens (including phenoxy) is 3. The zero-order chi connectivity index (χ0) is 14.7. The maximum absolute atomic E-state index is 11.6. The van der Waals surface area contributed by atoms with Crippen molar-refractivity contribution < 1.29 is 28.6 Å². The molecular formula is C13H13NO6. The fourth-order valence-corrected chi connectivity index (χ4v) is 2.52. The highest BCUT2D eigenvalue weighted by molar-refractivity contribution is 5.83. The summed E-state index contributed by atoms with van der Waals surface area (Å²) in [5, 5.41) is 9.00. The molecule has 4 atom stereocenters. The molecule has 2 fully saturated rings. The maximum Gasteiger partial charge on any atom is 0.344 e. The van der Waals surface area contributed by atoms with Crippen molar-refractivity contribution in [1.29, 1.82) is 5.26 Å². The van der Waals surface area contributed by atoms with Crippen LogP contribution in [0.5, 0.6) is 0 Å². The zero-order valence-electron chi connectivity index (χ0n) is 10.6. The van der Waals surface area contributed by atoms with Crippen LogP contribution in [0.4, 0.5) is 0 Å². The minimum absolute atomic E-state index is 0.124. The van der Waals surface area contributed by atoms with Gasteiger partial charge in [-0.3, -0.25) is 4.79 Å². The molecule has 0 amide bonds. The minimum Gasteiger partial charge on any atom is -0.457 e. The minimum atomic E-state index is -0.739. The molecule has 0 aromatic heterocycles.